The van der Waals surface area contributed by atoms with Crippen LogP contribution in [0.3, 0.4) is 0 Å². The number of methoxy groups -OCH3 is 1. The van der Waals surface area contributed by atoms with Crippen molar-refractivity contribution in [1.82, 2.24) is 20.1 Å². The Morgan fingerprint density at radius 1 is 1.16 bits per heavy atom. The molecule has 0 radical (unpaired) electrons. The number of aromatic nitrogens is 3. The first kappa shape index (κ1) is 21.3. The van der Waals surface area contributed by atoms with E-state index < -0.39 is 0 Å². The van der Waals surface area contributed by atoms with Crippen LogP contribution >= 0.6 is 23.1 Å². The van der Waals surface area contributed by atoms with Crippen molar-refractivity contribution in [3.8, 4) is 16.5 Å². The van der Waals surface area contributed by atoms with E-state index in [2.05, 4.69) is 21.2 Å². The van der Waals surface area contributed by atoms with Crippen LogP contribution in [-0.4, -0.2) is 45.9 Å². The Kier molecular flexibility index (Phi) is 6.24. The first-order chi connectivity index (χ1) is 14.9. The van der Waals surface area contributed by atoms with Crippen LogP contribution in [0.4, 0.5) is 0 Å². The largest absolute Gasteiger partial charge is 0.497 e. The van der Waals surface area contributed by atoms with Gasteiger partial charge in [0.25, 0.3) is 11.1 Å². The first-order valence-corrected chi connectivity index (χ1v) is 11.4. The SMILES string of the molecule is COc1ccc2cc(CN(C)C(=O)CSc3nnc(-c4sc(C)nc4C)o3)ccc2c1. The molecular weight excluding hydrogens is 432 g/mol. The molecule has 0 aliphatic heterocycles. The zero-order valence-corrected chi connectivity index (χ0v) is 19.3. The summed E-state index contributed by atoms with van der Waals surface area (Å²) in [6, 6.07) is 12.1. The summed E-state index contributed by atoms with van der Waals surface area (Å²) in [6.07, 6.45) is 0. The lowest BCUT2D eigenvalue weighted by Gasteiger charge is -2.17. The van der Waals surface area contributed by atoms with Crippen LogP contribution in [0, 0.1) is 13.8 Å². The number of carbonyl (C=O) groups excluding carboxylic acids is 1. The van der Waals surface area contributed by atoms with Gasteiger partial charge in [0.2, 0.25) is 5.91 Å². The van der Waals surface area contributed by atoms with E-state index in [1.807, 2.05) is 44.2 Å². The van der Waals surface area contributed by atoms with E-state index in [0.717, 1.165) is 37.7 Å². The van der Waals surface area contributed by atoms with Gasteiger partial charge in [-0.1, -0.05) is 30.0 Å². The summed E-state index contributed by atoms with van der Waals surface area (Å²) in [5.41, 5.74) is 1.93. The number of thiazole rings is 1. The monoisotopic (exact) mass is 454 g/mol. The molecule has 0 saturated heterocycles. The quantitative estimate of drug-likeness (QED) is 0.374. The highest BCUT2D eigenvalue weighted by molar-refractivity contribution is 7.99. The Morgan fingerprint density at radius 2 is 1.94 bits per heavy atom. The second-order valence-electron chi connectivity index (χ2n) is 7.11. The van der Waals surface area contributed by atoms with Crippen LogP contribution in [0.15, 0.2) is 46.0 Å². The molecule has 0 aliphatic carbocycles. The number of hydrogen-bond acceptors (Lipinski definition) is 8. The highest BCUT2D eigenvalue weighted by Gasteiger charge is 2.17. The highest BCUT2D eigenvalue weighted by atomic mass is 32.2. The van der Waals surface area contributed by atoms with Crippen molar-refractivity contribution in [2.75, 3.05) is 19.9 Å². The number of nitrogens with zero attached hydrogens (tertiary/aromatic N) is 4. The normalized spacial score (nSPS) is 11.1. The zero-order valence-electron chi connectivity index (χ0n) is 17.7. The number of carbonyl (C=O) groups is 1. The van der Waals surface area contributed by atoms with E-state index in [9.17, 15) is 4.79 Å². The Hall–Kier alpha value is -2.91. The lowest BCUT2D eigenvalue weighted by molar-refractivity contribution is -0.127. The summed E-state index contributed by atoms with van der Waals surface area (Å²) in [5, 5.41) is 11.7. The maximum Gasteiger partial charge on any atom is 0.277 e. The lowest BCUT2D eigenvalue weighted by Crippen LogP contribution is -2.27. The fraction of sp³-hybridized carbons (Fsp3) is 0.273. The molecule has 2 aromatic carbocycles. The molecule has 2 heterocycles. The third kappa shape index (κ3) is 4.88. The van der Waals surface area contributed by atoms with Crippen LogP contribution in [0.25, 0.3) is 21.5 Å². The Morgan fingerprint density at radius 3 is 2.68 bits per heavy atom. The molecule has 0 fully saturated rings. The van der Waals surface area contributed by atoms with Crippen molar-refractivity contribution in [2.24, 2.45) is 0 Å². The third-order valence-corrected chi connectivity index (χ3v) is 6.64. The minimum absolute atomic E-state index is 0.00982. The Labute approximate surface area is 188 Å². The van der Waals surface area contributed by atoms with Crippen molar-refractivity contribution in [1.29, 1.82) is 0 Å². The minimum atomic E-state index is -0.00982. The van der Waals surface area contributed by atoms with E-state index in [0.29, 0.717) is 17.7 Å². The number of ether oxygens (including phenoxy) is 1. The van der Waals surface area contributed by atoms with Crippen LogP contribution in [-0.2, 0) is 11.3 Å². The van der Waals surface area contributed by atoms with E-state index >= 15 is 0 Å². The fourth-order valence-electron chi connectivity index (χ4n) is 3.18. The molecule has 0 atom stereocenters. The average molecular weight is 455 g/mol. The van der Waals surface area contributed by atoms with Gasteiger partial charge in [-0.2, -0.15) is 0 Å². The molecule has 0 aliphatic rings. The molecule has 1 amide bonds. The Balaban J connectivity index is 1.36. The predicted octanol–water partition coefficient (Wildman–Crippen LogP) is 4.72. The molecule has 9 heteroatoms. The number of thioether (sulfide) groups is 1. The van der Waals surface area contributed by atoms with Gasteiger partial charge in [-0.3, -0.25) is 4.79 Å². The smallest absolute Gasteiger partial charge is 0.277 e. The molecule has 4 aromatic rings. The summed E-state index contributed by atoms with van der Waals surface area (Å²) in [4.78, 5) is 19.5. The van der Waals surface area contributed by atoms with Gasteiger partial charge in [0, 0.05) is 13.6 Å². The maximum absolute atomic E-state index is 12.6. The van der Waals surface area contributed by atoms with E-state index in [-0.39, 0.29) is 11.7 Å². The molecule has 0 spiro atoms. The number of benzene rings is 2. The maximum atomic E-state index is 12.6. The lowest BCUT2D eigenvalue weighted by atomic mass is 10.1. The van der Waals surface area contributed by atoms with E-state index in [1.165, 1.54) is 23.1 Å². The molecule has 7 nitrogen and oxygen atoms in total. The summed E-state index contributed by atoms with van der Waals surface area (Å²) < 4.78 is 11.0. The third-order valence-electron chi connectivity index (χ3n) is 4.78. The molecule has 2 aromatic heterocycles. The van der Waals surface area contributed by atoms with Gasteiger partial charge in [-0.25, -0.2) is 4.98 Å². The van der Waals surface area contributed by atoms with Crippen LogP contribution in [0.5, 0.6) is 5.75 Å². The van der Waals surface area contributed by atoms with Gasteiger partial charge in [-0.05, 0) is 48.4 Å². The van der Waals surface area contributed by atoms with Gasteiger partial charge in [0.05, 0.1) is 23.6 Å². The number of aryl methyl sites for hydroxylation is 2. The van der Waals surface area contributed by atoms with Gasteiger partial charge >= 0.3 is 0 Å². The summed E-state index contributed by atoms with van der Waals surface area (Å²) in [6.45, 7) is 4.38. The Bertz CT molecular complexity index is 1230. The van der Waals surface area contributed by atoms with Gasteiger partial charge in [0.15, 0.2) is 0 Å². The van der Waals surface area contributed by atoms with Crippen molar-refractivity contribution in [3.63, 3.8) is 0 Å². The van der Waals surface area contributed by atoms with Crippen LogP contribution in [0.2, 0.25) is 0 Å². The standard InChI is InChI=1S/C22H22N4O3S2/c1-13-20(31-14(2)23-13)21-24-25-22(29-21)30-12-19(27)26(3)11-15-5-6-17-10-18(28-4)8-7-16(17)9-15/h5-10H,11-12H2,1-4H3. The van der Waals surface area contributed by atoms with Gasteiger partial charge in [0.1, 0.15) is 10.6 Å². The summed E-state index contributed by atoms with van der Waals surface area (Å²) in [7, 11) is 3.45. The molecule has 0 bridgehead atoms. The fourth-order valence-corrected chi connectivity index (χ4v) is 4.73. The van der Waals surface area contributed by atoms with Crippen molar-refractivity contribution in [3.05, 3.63) is 52.7 Å². The molecule has 160 valence electrons. The van der Waals surface area contributed by atoms with Crippen LogP contribution in [0.1, 0.15) is 16.3 Å². The topological polar surface area (TPSA) is 81.4 Å². The summed E-state index contributed by atoms with van der Waals surface area (Å²) in [5.74, 6) is 1.49. The minimum Gasteiger partial charge on any atom is -0.497 e. The van der Waals surface area contributed by atoms with Gasteiger partial charge in [-0.15, -0.1) is 21.5 Å². The number of fused-ring (bicyclic) bond motifs is 1. The average Bonchev–Trinajstić information content (AvgIpc) is 3.36. The zero-order chi connectivity index (χ0) is 22.0. The second kappa shape index (κ2) is 9.07. The molecule has 0 N–H and O–H groups in total. The predicted molar refractivity (Wildman–Crippen MR) is 123 cm³/mol. The van der Waals surface area contributed by atoms with Crippen molar-refractivity contribution < 1.29 is 13.9 Å². The van der Waals surface area contributed by atoms with E-state index in [4.69, 9.17) is 9.15 Å². The highest BCUT2D eigenvalue weighted by Crippen LogP contribution is 2.30. The molecule has 0 unspecified atom stereocenters. The number of amides is 1. The first-order valence-electron chi connectivity index (χ1n) is 9.64. The van der Waals surface area contributed by atoms with Crippen molar-refractivity contribution >= 4 is 39.8 Å². The molecule has 0 saturated carbocycles. The number of rotatable bonds is 7. The molecule has 4 rings (SSSR count). The second-order valence-corrected chi connectivity index (χ2v) is 9.24. The molecule has 31 heavy (non-hydrogen) atoms. The molecular formula is C22H22N4O3S2. The van der Waals surface area contributed by atoms with E-state index in [1.54, 1.807) is 19.1 Å². The number of hydrogen-bond donors (Lipinski definition) is 0. The van der Waals surface area contributed by atoms with Crippen molar-refractivity contribution in [2.45, 2.75) is 25.6 Å². The van der Waals surface area contributed by atoms with Gasteiger partial charge < -0.3 is 14.1 Å². The summed E-state index contributed by atoms with van der Waals surface area (Å²) >= 11 is 2.76. The van der Waals surface area contributed by atoms with Crippen LogP contribution < -0.4 is 4.74 Å².